The molecule has 0 aromatic carbocycles. The van der Waals surface area contributed by atoms with Crippen LogP contribution in [0.1, 0.15) is 65.2 Å². The highest BCUT2D eigenvalue weighted by molar-refractivity contribution is 5.83. The van der Waals surface area contributed by atoms with E-state index >= 15 is 0 Å². The summed E-state index contributed by atoms with van der Waals surface area (Å²) in [6, 6.07) is 0. The fraction of sp³-hybridized carbons (Fsp3) is 0.913. The van der Waals surface area contributed by atoms with Crippen molar-refractivity contribution in [2.24, 2.45) is 0 Å². The van der Waals surface area contributed by atoms with Crippen LogP contribution in [0.2, 0.25) is 0 Å². The van der Waals surface area contributed by atoms with Gasteiger partial charge in [0, 0.05) is 52.9 Å². The van der Waals surface area contributed by atoms with Gasteiger partial charge in [0.05, 0.1) is 6.10 Å². The maximum atomic E-state index is 9.77. The first kappa shape index (κ1) is 38.2. The summed E-state index contributed by atoms with van der Waals surface area (Å²) < 4.78 is 16.0. The smallest absolute Gasteiger partial charge is 0.335 e. The Balaban J connectivity index is -0.000000447. The third-order valence-corrected chi connectivity index (χ3v) is 4.03. The van der Waals surface area contributed by atoms with Crippen LogP contribution in [0.3, 0.4) is 0 Å². The second-order valence-corrected chi connectivity index (χ2v) is 7.71. The minimum absolute atomic E-state index is 0.250. The molecule has 0 aliphatic heterocycles. The number of unbranched alkanes of at least 4 members (excludes halogenated alkanes) is 4. The van der Waals surface area contributed by atoms with E-state index in [1.54, 1.807) is 0 Å². The molecule has 0 aliphatic rings. The van der Waals surface area contributed by atoms with Crippen molar-refractivity contribution >= 4 is 11.9 Å². The molecule has 7 N–H and O–H groups in total. The fourth-order valence-electron chi connectivity index (χ4n) is 2.05. The van der Waals surface area contributed by atoms with Crippen LogP contribution in [0.15, 0.2) is 0 Å². The van der Waals surface area contributed by atoms with Crippen molar-refractivity contribution in [3.05, 3.63) is 0 Å². The number of aliphatic hydroxyl groups is 5. The van der Waals surface area contributed by atoms with Crippen LogP contribution in [0.4, 0.5) is 0 Å². The lowest BCUT2D eigenvalue weighted by molar-refractivity contribution is -0.165. The molecule has 0 heterocycles. The molecule has 2 atom stereocenters. The van der Waals surface area contributed by atoms with Gasteiger partial charge in [0.25, 0.3) is 0 Å². The predicted octanol–water partition coefficient (Wildman–Crippen LogP) is 0.406. The third kappa shape index (κ3) is 34.9. The molecule has 0 saturated carbocycles. The Kier molecular flexibility index (Phi) is 33.4. The summed E-state index contributed by atoms with van der Waals surface area (Å²) in [6.45, 7) is 8.73. The van der Waals surface area contributed by atoms with Gasteiger partial charge in [-0.1, -0.05) is 0 Å². The number of carboxylic acids is 2. The normalized spacial score (nSPS) is 12.2. The lowest BCUT2D eigenvalue weighted by Gasteiger charge is -2.07. The minimum Gasteiger partial charge on any atom is -0.479 e. The van der Waals surface area contributed by atoms with E-state index in [2.05, 4.69) is 0 Å². The van der Waals surface area contributed by atoms with Gasteiger partial charge in [-0.15, -0.1) is 0 Å². The van der Waals surface area contributed by atoms with E-state index in [0.717, 1.165) is 84.4 Å². The van der Waals surface area contributed by atoms with Crippen molar-refractivity contribution in [3.8, 4) is 0 Å². The SMILES string of the molecule is CC(C)OCCCCOCCCCO.O=C(O)C(O)C(O)C(=O)O.OCCCCOCCCCO. The van der Waals surface area contributed by atoms with E-state index in [0.29, 0.717) is 6.10 Å². The summed E-state index contributed by atoms with van der Waals surface area (Å²) in [5, 5.41) is 57.9. The first-order valence-corrected chi connectivity index (χ1v) is 12.1. The molecule has 0 bridgehead atoms. The van der Waals surface area contributed by atoms with Gasteiger partial charge in [-0.3, -0.25) is 0 Å². The molecule has 35 heavy (non-hydrogen) atoms. The molecule has 0 spiro atoms. The topological polar surface area (TPSA) is 203 Å². The minimum atomic E-state index is -2.27. The second kappa shape index (κ2) is 30.7. The molecule has 0 aromatic heterocycles. The molecule has 0 aromatic rings. The first-order valence-electron chi connectivity index (χ1n) is 12.1. The summed E-state index contributed by atoms with van der Waals surface area (Å²) in [5.41, 5.74) is 0. The van der Waals surface area contributed by atoms with Crippen molar-refractivity contribution in [2.75, 3.05) is 52.9 Å². The Hall–Kier alpha value is -1.38. The molecular weight excluding hydrogens is 468 g/mol. The van der Waals surface area contributed by atoms with Crippen molar-refractivity contribution in [2.45, 2.75) is 83.5 Å². The van der Waals surface area contributed by atoms with Crippen LogP contribution in [-0.2, 0) is 23.8 Å². The summed E-state index contributed by atoms with van der Waals surface area (Å²) in [6.07, 6.45) is 3.22. The zero-order chi connectivity index (χ0) is 27.3. The molecule has 12 nitrogen and oxygen atoms in total. The van der Waals surface area contributed by atoms with Gasteiger partial charge in [0.2, 0.25) is 0 Å². The lowest BCUT2D eigenvalue weighted by Crippen LogP contribution is -2.39. The highest BCUT2D eigenvalue weighted by Gasteiger charge is 2.29. The zero-order valence-corrected chi connectivity index (χ0v) is 21.2. The summed E-state index contributed by atoms with van der Waals surface area (Å²) in [5.74, 6) is -3.54. The fourth-order valence-corrected chi connectivity index (χ4v) is 2.05. The Morgan fingerprint density at radius 2 is 0.857 bits per heavy atom. The number of hydrogen-bond acceptors (Lipinski definition) is 10. The highest BCUT2D eigenvalue weighted by Crippen LogP contribution is 1.96. The number of rotatable bonds is 21. The monoisotopic (exact) mass is 516 g/mol. The molecule has 0 rings (SSSR count). The van der Waals surface area contributed by atoms with E-state index in [1.807, 2.05) is 13.8 Å². The quantitative estimate of drug-likeness (QED) is 0.104. The van der Waals surface area contributed by atoms with Gasteiger partial charge in [0.1, 0.15) is 0 Å². The van der Waals surface area contributed by atoms with Crippen molar-refractivity contribution < 1.29 is 59.5 Å². The molecule has 0 saturated heterocycles. The van der Waals surface area contributed by atoms with Crippen LogP contribution in [-0.4, -0.2) is 119 Å². The highest BCUT2D eigenvalue weighted by atomic mass is 16.5. The predicted molar refractivity (Wildman–Crippen MR) is 128 cm³/mol. The zero-order valence-electron chi connectivity index (χ0n) is 21.2. The Bertz CT molecular complexity index is 422. The average molecular weight is 517 g/mol. The van der Waals surface area contributed by atoms with Crippen LogP contribution in [0.25, 0.3) is 0 Å². The maximum Gasteiger partial charge on any atom is 0.335 e. The molecule has 0 aliphatic carbocycles. The van der Waals surface area contributed by atoms with Gasteiger partial charge >= 0.3 is 11.9 Å². The molecule has 0 amide bonds. The molecule has 212 valence electrons. The van der Waals surface area contributed by atoms with E-state index < -0.39 is 24.1 Å². The number of hydrogen-bond donors (Lipinski definition) is 7. The van der Waals surface area contributed by atoms with Crippen molar-refractivity contribution in [1.82, 2.24) is 0 Å². The van der Waals surface area contributed by atoms with Gasteiger partial charge in [-0.05, 0) is 65.2 Å². The Morgan fingerprint density at radius 1 is 0.571 bits per heavy atom. The molecular formula is C23H48O12. The van der Waals surface area contributed by atoms with Gasteiger partial charge < -0.3 is 50.0 Å². The average Bonchev–Trinajstić information content (AvgIpc) is 2.82. The largest absolute Gasteiger partial charge is 0.479 e. The van der Waals surface area contributed by atoms with E-state index in [4.69, 9.17) is 50.0 Å². The maximum absolute atomic E-state index is 9.77. The van der Waals surface area contributed by atoms with Crippen molar-refractivity contribution in [3.63, 3.8) is 0 Å². The number of carbonyl (C=O) groups is 2. The van der Waals surface area contributed by atoms with Crippen molar-refractivity contribution in [1.29, 1.82) is 0 Å². The van der Waals surface area contributed by atoms with Gasteiger partial charge in [0.15, 0.2) is 12.2 Å². The van der Waals surface area contributed by atoms with Crippen LogP contribution in [0, 0.1) is 0 Å². The van der Waals surface area contributed by atoms with E-state index in [1.165, 1.54) is 0 Å². The number of aliphatic hydroxyl groups excluding tert-OH is 5. The first-order chi connectivity index (χ1) is 16.6. The van der Waals surface area contributed by atoms with E-state index in [9.17, 15) is 9.59 Å². The van der Waals surface area contributed by atoms with Crippen LogP contribution in [0.5, 0.6) is 0 Å². The number of carboxylic acid groups (broad SMARTS) is 2. The lowest BCUT2D eigenvalue weighted by atomic mass is 10.2. The second-order valence-electron chi connectivity index (χ2n) is 7.71. The number of ether oxygens (including phenoxy) is 3. The third-order valence-electron chi connectivity index (χ3n) is 4.03. The van der Waals surface area contributed by atoms with Gasteiger partial charge in [-0.2, -0.15) is 0 Å². The Morgan fingerprint density at radius 3 is 1.11 bits per heavy atom. The summed E-state index contributed by atoms with van der Waals surface area (Å²) in [4.78, 5) is 19.5. The van der Waals surface area contributed by atoms with Gasteiger partial charge in [-0.25, -0.2) is 9.59 Å². The summed E-state index contributed by atoms with van der Waals surface area (Å²) >= 11 is 0. The Labute approximate surface area is 208 Å². The molecule has 12 heteroatoms. The molecule has 0 fully saturated rings. The molecule has 2 unspecified atom stereocenters. The number of aliphatic carboxylic acids is 2. The molecule has 0 radical (unpaired) electrons. The van der Waals surface area contributed by atoms with Crippen LogP contribution < -0.4 is 0 Å². The van der Waals surface area contributed by atoms with Crippen LogP contribution >= 0.6 is 0 Å². The summed E-state index contributed by atoms with van der Waals surface area (Å²) in [7, 11) is 0. The standard InChI is InChI=1S/C11H24O3.C8H18O3.C4H6O6/c1-11(2)14-10-6-5-9-13-8-4-3-7-12;9-5-1-3-7-11-8-4-2-6-10;5-1(3(7)8)2(6)4(9)10/h11-12H,3-10H2,1-2H3;9-10H,1-8H2;1-2,5-6H,(H,7,8)(H,9,10). The van der Waals surface area contributed by atoms with E-state index in [-0.39, 0.29) is 19.8 Å².